The van der Waals surface area contributed by atoms with Crippen LogP contribution >= 0.6 is 0 Å². The number of halogens is 3. The summed E-state index contributed by atoms with van der Waals surface area (Å²) in [6.07, 6.45) is -6.25. The van der Waals surface area contributed by atoms with Gasteiger partial charge in [-0.05, 0) is 20.8 Å². The van der Waals surface area contributed by atoms with Crippen LogP contribution < -0.4 is 0 Å². The Labute approximate surface area is 95.2 Å². The predicted molar refractivity (Wildman–Crippen MR) is 56.1 cm³/mol. The molecule has 0 fully saturated rings. The maximum Gasteiger partial charge on any atom is 0.501 e. The summed E-state index contributed by atoms with van der Waals surface area (Å²) in [4.78, 5) is 0. The first-order valence-corrected chi connectivity index (χ1v) is 7.27. The maximum absolute atomic E-state index is 12.4. The third-order valence-corrected chi connectivity index (χ3v) is 5.01. The Morgan fingerprint density at radius 1 is 1.06 bits per heavy atom. The second kappa shape index (κ2) is 6.58. The molecule has 0 saturated heterocycles. The molecule has 0 rings (SSSR count). The van der Waals surface area contributed by atoms with E-state index in [0.717, 1.165) is 6.92 Å². The molecule has 16 heavy (non-hydrogen) atoms. The van der Waals surface area contributed by atoms with Crippen LogP contribution in [0.3, 0.4) is 0 Å². The monoisotopic (exact) mass is 260 g/mol. The summed E-state index contributed by atoms with van der Waals surface area (Å²) in [7, 11) is -3.16. The fourth-order valence-electron chi connectivity index (χ4n) is 1.17. The van der Waals surface area contributed by atoms with Crippen molar-refractivity contribution >= 4 is 8.80 Å². The summed E-state index contributed by atoms with van der Waals surface area (Å²) >= 11 is 0. The Balaban J connectivity index is 4.63. The van der Waals surface area contributed by atoms with Crippen LogP contribution in [-0.4, -0.2) is 34.3 Å². The van der Waals surface area contributed by atoms with Crippen molar-refractivity contribution in [2.75, 3.05) is 13.2 Å². The van der Waals surface area contributed by atoms with Crippen LogP contribution in [0, 0.1) is 0 Å². The molecule has 0 aliphatic rings. The summed E-state index contributed by atoms with van der Waals surface area (Å²) in [5.74, 6) is 0. The minimum Gasteiger partial charge on any atom is -0.374 e. The van der Waals surface area contributed by atoms with Crippen molar-refractivity contribution in [3.05, 3.63) is 0 Å². The van der Waals surface area contributed by atoms with E-state index in [1.54, 1.807) is 20.8 Å². The third-order valence-electron chi connectivity index (χ3n) is 1.98. The summed E-state index contributed by atoms with van der Waals surface area (Å²) < 4.78 is 52.7. The largest absolute Gasteiger partial charge is 0.501 e. The number of rotatable bonds is 7. The van der Waals surface area contributed by atoms with E-state index in [9.17, 15) is 13.2 Å². The molecule has 0 aromatic rings. The lowest BCUT2D eigenvalue weighted by atomic mass is 10.4. The van der Waals surface area contributed by atoms with Gasteiger partial charge in [-0.3, -0.25) is 0 Å². The van der Waals surface area contributed by atoms with Crippen molar-refractivity contribution in [2.24, 2.45) is 0 Å². The molecule has 0 saturated carbocycles. The van der Waals surface area contributed by atoms with E-state index < -0.39 is 21.1 Å². The fourth-order valence-corrected chi connectivity index (χ4v) is 3.52. The first kappa shape index (κ1) is 15.9. The first-order valence-electron chi connectivity index (χ1n) is 5.33. The van der Waals surface area contributed by atoms with Gasteiger partial charge >= 0.3 is 15.0 Å². The van der Waals surface area contributed by atoms with Gasteiger partial charge in [0.25, 0.3) is 0 Å². The van der Waals surface area contributed by atoms with Gasteiger partial charge in [0, 0.05) is 19.3 Å². The SMILES string of the molecule is CCO[Si](CC)(OCC)OC(C)C(F)(F)F. The standard InChI is InChI=1S/C9H19F3O3Si/c1-5-13-16(7-3,14-6-2)15-8(4)9(10,11)12/h8H,5-7H2,1-4H3. The van der Waals surface area contributed by atoms with Crippen molar-refractivity contribution in [2.45, 2.75) is 46.0 Å². The average Bonchev–Trinajstić information content (AvgIpc) is 2.16. The number of hydrogen-bond donors (Lipinski definition) is 0. The maximum atomic E-state index is 12.4. The van der Waals surface area contributed by atoms with E-state index in [2.05, 4.69) is 0 Å². The van der Waals surface area contributed by atoms with Crippen LogP contribution in [-0.2, 0) is 13.3 Å². The summed E-state index contributed by atoms with van der Waals surface area (Å²) in [5.41, 5.74) is 0. The molecule has 98 valence electrons. The van der Waals surface area contributed by atoms with Crippen molar-refractivity contribution in [1.29, 1.82) is 0 Å². The van der Waals surface area contributed by atoms with Gasteiger partial charge in [0.1, 0.15) is 6.10 Å². The molecule has 0 aliphatic heterocycles. The normalized spacial score (nSPS) is 15.2. The Bertz CT molecular complexity index is 193. The van der Waals surface area contributed by atoms with Crippen molar-refractivity contribution in [3.8, 4) is 0 Å². The minimum atomic E-state index is -4.39. The van der Waals surface area contributed by atoms with Crippen LogP contribution in [0.2, 0.25) is 6.04 Å². The zero-order valence-corrected chi connectivity index (χ0v) is 11.1. The van der Waals surface area contributed by atoms with Crippen molar-refractivity contribution < 1.29 is 26.4 Å². The smallest absolute Gasteiger partial charge is 0.374 e. The zero-order chi connectivity index (χ0) is 12.8. The molecule has 0 aromatic heterocycles. The highest BCUT2D eigenvalue weighted by Crippen LogP contribution is 2.27. The molecule has 0 spiro atoms. The highest BCUT2D eigenvalue weighted by molar-refractivity contribution is 6.60. The molecule has 0 N–H and O–H groups in total. The predicted octanol–water partition coefficient (Wildman–Crippen LogP) is 2.99. The molecule has 3 nitrogen and oxygen atoms in total. The van der Waals surface area contributed by atoms with Gasteiger partial charge in [-0.2, -0.15) is 13.2 Å². The highest BCUT2D eigenvalue weighted by Gasteiger charge is 2.47. The van der Waals surface area contributed by atoms with Gasteiger partial charge in [-0.1, -0.05) is 6.92 Å². The van der Waals surface area contributed by atoms with E-state index in [1.807, 2.05) is 0 Å². The number of alkyl halides is 3. The Morgan fingerprint density at radius 3 is 1.75 bits per heavy atom. The lowest BCUT2D eigenvalue weighted by Gasteiger charge is -2.31. The van der Waals surface area contributed by atoms with Crippen LogP contribution in [0.15, 0.2) is 0 Å². The Morgan fingerprint density at radius 2 is 1.50 bits per heavy atom. The van der Waals surface area contributed by atoms with Gasteiger partial charge in [-0.25, -0.2) is 0 Å². The molecule has 0 radical (unpaired) electrons. The van der Waals surface area contributed by atoms with Gasteiger partial charge in [0.15, 0.2) is 0 Å². The zero-order valence-electron chi connectivity index (χ0n) is 10.1. The van der Waals surface area contributed by atoms with Crippen LogP contribution in [0.5, 0.6) is 0 Å². The van der Waals surface area contributed by atoms with Crippen molar-refractivity contribution in [3.63, 3.8) is 0 Å². The Hall–Kier alpha value is -0.113. The van der Waals surface area contributed by atoms with E-state index in [-0.39, 0.29) is 13.2 Å². The second-order valence-electron chi connectivity index (χ2n) is 3.20. The molecule has 0 aliphatic carbocycles. The molecule has 0 aromatic carbocycles. The van der Waals surface area contributed by atoms with Crippen LogP contribution in [0.4, 0.5) is 13.2 Å². The molecule has 0 heterocycles. The molecule has 0 amide bonds. The third kappa shape index (κ3) is 4.81. The van der Waals surface area contributed by atoms with Crippen molar-refractivity contribution in [1.82, 2.24) is 0 Å². The molecular formula is C9H19F3O3Si. The summed E-state index contributed by atoms with van der Waals surface area (Å²) in [6.45, 7) is 6.65. The number of hydrogen-bond acceptors (Lipinski definition) is 3. The molecular weight excluding hydrogens is 241 g/mol. The van der Waals surface area contributed by atoms with E-state index >= 15 is 0 Å². The molecule has 7 heteroatoms. The molecule has 0 bridgehead atoms. The second-order valence-corrected chi connectivity index (χ2v) is 6.09. The van der Waals surface area contributed by atoms with E-state index in [1.165, 1.54) is 0 Å². The topological polar surface area (TPSA) is 27.7 Å². The van der Waals surface area contributed by atoms with Gasteiger partial charge in [0.2, 0.25) is 0 Å². The van der Waals surface area contributed by atoms with Gasteiger partial charge in [-0.15, -0.1) is 0 Å². The highest BCUT2D eigenvalue weighted by atomic mass is 28.4. The lowest BCUT2D eigenvalue weighted by Crippen LogP contribution is -2.50. The minimum absolute atomic E-state index is 0.282. The van der Waals surface area contributed by atoms with Crippen LogP contribution in [0.25, 0.3) is 0 Å². The lowest BCUT2D eigenvalue weighted by molar-refractivity contribution is -0.201. The first-order chi connectivity index (χ1) is 7.31. The Kier molecular flexibility index (Phi) is 6.53. The molecule has 1 unspecified atom stereocenters. The van der Waals surface area contributed by atoms with Crippen LogP contribution in [0.1, 0.15) is 27.7 Å². The molecule has 1 atom stereocenters. The van der Waals surface area contributed by atoms with E-state index in [0.29, 0.717) is 6.04 Å². The quantitative estimate of drug-likeness (QED) is 0.659. The summed E-state index contributed by atoms with van der Waals surface area (Å²) in [6, 6.07) is 0.328. The average molecular weight is 260 g/mol. The van der Waals surface area contributed by atoms with E-state index in [4.69, 9.17) is 13.3 Å². The van der Waals surface area contributed by atoms with Gasteiger partial charge in [0.05, 0.1) is 0 Å². The summed E-state index contributed by atoms with van der Waals surface area (Å²) in [5, 5.41) is 0. The van der Waals surface area contributed by atoms with Gasteiger partial charge < -0.3 is 13.3 Å². The fraction of sp³-hybridized carbons (Fsp3) is 1.00.